The van der Waals surface area contributed by atoms with Gasteiger partial charge in [0.25, 0.3) is 0 Å². The van der Waals surface area contributed by atoms with E-state index in [1.165, 1.54) is 38.5 Å². The Kier molecular flexibility index (Phi) is 2.92. The van der Waals surface area contributed by atoms with Gasteiger partial charge in [-0.15, -0.1) is 11.3 Å². The maximum absolute atomic E-state index is 12.6. The number of ketones is 1. The highest BCUT2D eigenvalue weighted by Crippen LogP contribution is 2.70. The Labute approximate surface area is 131 Å². The molecule has 0 spiro atoms. The molecule has 1 heterocycles. The Balaban J connectivity index is 1.53. The SMILES string of the molecule is CC12CC3CC(C)(C1)CC(CC(=O)Cc1nccs1)(C3)C2. The van der Waals surface area contributed by atoms with Gasteiger partial charge >= 0.3 is 0 Å². The summed E-state index contributed by atoms with van der Waals surface area (Å²) in [5.41, 5.74) is 1.34. The quantitative estimate of drug-likeness (QED) is 0.811. The predicted octanol–water partition coefficient (Wildman–Crippen LogP) is 4.64. The third-order valence-electron chi connectivity index (χ3n) is 6.15. The fraction of sp³-hybridized carbons (Fsp3) is 0.778. The molecule has 0 aromatic carbocycles. The van der Waals surface area contributed by atoms with Gasteiger partial charge in [-0.1, -0.05) is 13.8 Å². The van der Waals surface area contributed by atoms with Crippen LogP contribution in [0.15, 0.2) is 11.6 Å². The van der Waals surface area contributed by atoms with Gasteiger partial charge < -0.3 is 0 Å². The Morgan fingerprint density at radius 3 is 2.52 bits per heavy atom. The van der Waals surface area contributed by atoms with Crippen molar-refractivity contribution in [3.63, 3.8) is 0 Å². The molecule has 5 rings (SSSR count). The first-order valence-electron chi connectivity index (χ1n) is 8.28. The summed E-state index contributed by atoms with van der Waals surface area (Å²) in [5, 5.41) is 2.96. The third kappa shape index (κ3) is 2.48. The first-order chi connectivity index (χ1) is 9.88. The normalized spacial score (nSPS) is 44.2. The molecule has 4 aliphatic rings. The van der Waals surface area contributed by atoms with Crippen LogP contribution in [0.25, 0.3) is 0 Å². The van der Waals surface area contributed by atoms with E-state index in [9.17, 15) is 4.79 Å². The molecule has 4 bridgehead atoms. The molecule has 114 valence electrons. The second kappa shape index (κ2) is 4.41. The lowest BCUT2D eigenvalue weighted by Gasteiger charge is -2.65. The van der Waals surface area contributed by atoms with Gasteiger partial charge in [0.2, 0.25) is 0 Å². The van der Waals surface area contributed by atoms with Crippen LogP contribution in [-0.4, -0.2) is 10.8 Å². The Morgan fingerprint density at radius 2 is 1.95 bits per heavy atom. The standard InChI is InChI=1S/C18H25NOS/c1-16-6-13-7-17(2,10-16)12-18(8-13,11-16)9-14(20)5-15-19-3-4-21-15/h3-4,13H,5-12H2,1-2H3. The van der Waals surface area contributed by atoms with Crippen molar-refractivity contribution in [2.45, 2.75) is 65.2 Å². The second-order valence-corrected chi connectivity index (χ2v) is 9.93. The summed E-state index contributed by atoms with van der Waals surface area (Å²) in [6, 6.07) is 0. The molecule has 0 amide bonds. The molecule has 3 heteroatoms. The highest BCUT2D eigenvalue weighted by Gasteiger charge is 2.60. The van der Waals surface area contributed by atoms with E-state index >= 15 is 0 Å². The topological polar surface area (TPSA) is 30.0 Å². The van der Waals surface area contributed by atoms with Crippen molar-refractivity contribution in [1.29, 1.82) is 0 Å². The van der Waals surface area contributed by atoms with Crippen molar-refractivity contribution in [1.82, 2.24) is 4.98 Å². The number of aromatic nitrogens is 1. The summed E-state index contributed by atoms with van der Waals surface area (Å²) in [6.07, 6.45) is 11.2. The van der Waals surface area contributed by atoms with E-state index in [1.54, 1.807) is 17.5 Å². The first kappa shape index (κ1) is 13.9. The highest BCUT2D eigenvalue weighted by molar-refractivity contribution is 7.09. The monoisotopic (exact) mass is 303 g/mol. The molecule has 2 nitrogen and oxygen atoms in total. The number of thiazole rings is 1. The van der Waals surface area contributed by atoms with Crippen molar-refractivity contribution in [3.8, 4) is 0 Å². The van der Waals surface area contributed by atoms with Gasteiger partial charge in [-0.05, 0) is 60.7 Å². The van der Waals surface area contributed by atoms with E-state index in [1.807, 2.05) is 5.38 Å². The van der Waals surface area contributed by atoms with Gasteiger partial charge in [-0.2, -0.15) is 0 Å². The average Bonchev–Trinajstić information content (AvgIpc) is 2.74. The van der Waals surface area contributed by atoms with E-state index in [0.29, 0.717) is 28.4 Å². The Bertz CT molecular complexity index is 546. The van der Waals surface area contributed by atoms with Crippen LogP contribution >= 0.6 is 11.3 Å². The summed E-state index contributed by atoms with van der Waals surface area (Å²) in [6.45, 7) is 4.96. The summed E-state index contributed by atoms with van der Waals surface area (Å²) in [4.78, 5) is 16.8. The maximum Gasteiger partial charge on any atom is 0.140 e. The van der Waals surface area contributed by atoms with Gasteiger partial charge in [0, 0.05) is 18.0 Å². The average molecular weight is 303 g/mol. The number of carbonyl (C=O) groups excluding carboxylic acids is 1. The summed E-state index contributed by atoms with van der Waals surface area (Å²) in [7, 11) is 0. The van der Waals surface area contributed by atoms with Crippen molar-refractivity contribution in [3.05, 3.63) is 16.6 Å². The van der Waals surface area contributed by atoms with Crippen LogP contribution in [0.3, 0.4) is 0 Å². The molecular weight excluding hydrogens is 278 g/mol. The van der Waals surface area contributed by atoms with Crippen LogP contribution < -0.4 is 0 Å². The Hall–Kier alpha value is -0.700. The van der Waals surface area contributed by atoms with E-state index in [0.717, 1.165) is 17.3 Å². The first-order valence-corrected chi connectivity index (χ1v) is 9.16. The second-order valence-electron chi connectivity index (χ2n) is 8.95. The predicted molar refractivity (Wildman–Crippen MR) is 85.3 cm³/mol. The Morgan fingerprint density at radius 1 is 1.24 bits per heavy atom. The fourth-order valence-corrected chi connectivity index (χ4v) is 7.52. The number of hydrogen-bond acceptors (Lipinski definition) is 3. The van der Waals surface area contributed by atoms with Crippen molar-refractivity contribution in [2.24, 2.45) is 22.2 Å². The van der Waals surface area contributed by atoms with Gasteiger partial charge in [-0.3, -0.25) is 4.79 Å². The molecule has 21 heavy (non-hydrogen) atoms. The zero-order chi connectivity index (χ0) is 14.7. The fourth-order valence-electron chi connectivity index (χ4n) is 6.87. The number of hydrogen-bond donors (Lipinski definition) is 0. The molecule has 4 fully saturated rings. The van der Waals surface area contributed by atoms with Crippen LogP contribution in [0.2, 0.25) is 0 Å². The lowest BCUT2D eigenvalue weighted by molar-refractivity contribution is -0.154. The molecule has 4 saturated carbocycles. The van der Waals surface area contributed by atoms with Crippen LogP contribution in [-0.2, 0) is 11.2 Å². The molecule has 2 unspecified atom stereocenters. The van der Waals surface area contributed by atoms with E-state index in [4.69, 9.17) is 0 Å². The van der Waals surface area contributed by atoms with Crippen LogP contribution in [0.4, 0.5) is 0 Å². The number of rotatable bonds is 4. The van der Waals surface area contributed by atoms with Gasteiger partial charge in [0.05, 0.1) is 11.4 Å². The largest absolute Gasteiger partial charge is 0.299 e. The molecule has 0 aliphatic heterocycles. The zero-order valence-corrected chi connectivity index (χ0v) is 14.0. The molecule has 1 aromatic heterocycles. The van der Waals surface area contributed by atoms with Crippen molar-refractivity contribution in [2.75, 3.05) is 0 Å². The van der Waals surface area contributed by atoms with Crippen LogP contribution in [0.5, 0.6) is 0 Å². The smallest absolute Gasteiger partial charge is 0.140 e. The van der Waals surface area contributed by atoms with E-state index in [2.05, 4.69) is 18.8 Å². The molecule has 0 saturated heterocycles. The number of Topliss-reactive ketones (excluding diaryl/α,β-unsaturated/α-hetero) is 1. The number of carbonyl (C=O) groups is 1. The molecule has 0 N–H and O–H groups in total. The molecular formula is C18H25NOS. The van der Waals surface area contributed by atoms with E-state index in [-0.39, 0.29) is 0 Å². The van der Waals surface area contributed by atoms with Crippen LogP contribution in [0, 0.1) is 22.2 Å². The lowest BCUT2D eigenvalue weighted by Crippen LogP contribution is -2.55. The van der Waals surface area contributed by atoms with Gasteiger partial charge in [0.15, 0.2) is 0 Å². The van der Waals surface area contributed by atoms with Gasteiger partial charge in [0.1, 0.15) is 5.78 Å². The van der Waals surface area contributed by atoms with Gasteiger partial charge in [-0.25, -0.2) is 4.98 Å². The summed E-state index contributed by atoms with van der Waals surface area (Å²) < 4.78 is 0. The molecule has 1 aromatic rings. The molecule has 0 radical (unpaired) electrons. The maximum atomic E-state index is 12.6. The lowest BCUT2D eigenvalue weighted by atomic mass is 9.39. The highest BCUT2D eigenvalue weighted by atomic mass is 32.1. The molecule has 4 aliphatic carbocycles. The minimum absolute atomic E-state index is 0.317. The number of nitrogens with zero attached hydrogens (tertiary/aromatic N) is 1. The molecule has 2 atom stereocenters. The minimum atomic E-state index is 0.317. The van der Waals surface area contributed by atoms with Crippen molar-refractivity contribution < 1.29 is 4.79 Å². The summed E-state index contributed by atoms with van der Waals surface area (Å²) >= 11 is 1.61. The van der Waals surface area contributed by atoms with Crippen LogP contribution in [0.1, 0.15) is 63.8 Å². The van der Waals surface area contributed by atoms with E-state index < -0.39 is 0 Å². The van der Waals surface area contributed by atoms with Crippen molar-refractivity contribution >= 4 is 17.1 Å². The third-order valence-corrected chi connectivity index (χ3v) is 6.93. The minimum Gasteiger partial charge on any atom is -0.299 e. The zero-order valence-electron chi connectivity index (χ0n) is 13.2. The summed E-state index contributed by atoms with van der Waals surface area (Å²) in [5.74, 6) is 1.29.